The first kappa shape index (κ1) is 12.8. The Morgan fingerprint density at radius 3 is 3.05 bits per heavy atom. The Labute approximate surface area is 125 Å². The lowest BCUT2D eigenvalue weighted by molar-refractivity contribution is 0.818. The Hall–Kier alpha value is -1.26. The molecule has 0 radical (unpaired) electrons. The van der Waals surface area contributed by atoms with Crippen molar-refractivity contribution in [2.45, 2.75) is 12.8 Å². The molecule has 1 aliphatic heterocycles. The molecule has 0 spiro atoms. The molecular formula is C15H13BrN2S. The molecule has 3 rings (SSSR count). The third kappa shape index (κ3) is 3.01. The summed E-state index contributed by atoms with van der Waals surface area (Å²) in [5, 5.41) is 2.11. The molecule has 2 aromatic rings. The van der Waals surface area contributed by atoms with E-state index in [9.17, 15) is 0 Å². The highest BCUT2D eigenvalue weighted by Crippen LogP contribution is 2.26. The van der Waals surface area contributed by atoms with Crippen LogP contribution in [0.15, 0.2) is 51.0 Å². The van der Waals surface area contributed by atoms with Crippen LogP contribution in [0.4, 0.5) is 0 Å². The fraction of sp³-hybridized carbons (Fsp3) is 0.200. The molecule has 96 valence electrons. The van der Waals surface area contributed by atoms with Gasteiger partial charge in [-0.3, -0.25) is 9.98 Å². The highest BCUT2D eigenvalue weighted by molar-refractivity contribution is 9.10. The van der Waals surface area contributed by atoms with Crippen LogP contribution in [-0.4, -0.2) is 17.2 Å². The minimum absolute atomic E-state index is 0.912. The average molecular weight is 333 g/mol. The Morgan fingerprint density at radius 2 is 2.32 bits per heavy atom. The molecule has 0 unspecified atom stereocenters. The highest BCUT2D eigenvalue weighted by atomic mass is 79.9. The number of halogens is 1. The molecule has 4 heteroatoms. The van der Waals surface area contributed by atoms with Gasteiger partial charge in [-0.05, 0) is 58.6 Å². The molecule has 0 fully saturated rings. The number of aliphatic imine (C=N–C) groups is 1. The second-order valence-corrected chi connectivity index (χ2v) is 6.27. The van der Waals surface area contributed by atoms with E-state index in [1.807, 2.05) is 12.3 Å². The van der Waals surface area contributed by atoms with E-state index >= 15 is 0 Å². The van der Waals surface area contributed by atoms with Crippen molar-refractivity contribution < 1.29 is 0 Å². The van der Waals surface area contributed by atoms with Crippen molar-refractivity contribution in [2.75, 3.05) is 6.54 Å². The lowest BCUT2D eigenvalue weighted by Gasteiger charge is -2.15. The van der Waals surface area contributed by atoms with Crippen molar-refractivity contribution in [1.29, 1.82) is 0 Å². The van der Waals surface area contributed by atoms with Gasteiger partial charge in [-0.15, -0.1) is 11.3 Å². The summed E-state index contributed by atoms with van der Waals surface area (Å²) in [5.41, 5.74) is 3.53. The van der Waals surface area contributed by atoms with Crippen molar-refractivity contribution in [3.05, 3.63) is 56.5 Å². The zero-order valence-corrected chi connectivity index (χ0v) is 12.7. The first-order valence-corrected chi connectivity index (χ1v) is 7.90. The molecule has 3 heterocycles. The summed E-state index contributed by atoms with van der Waals surface area (Å²) < 4.78 is 1.14. The summed E-state index contributed by atoms with van der Waals surface area (Å²) in [6.07, 6.45) is 8.15. The maximum absolute atomic E-state index is 4.69. The average Bonchev–Trinajstić information content (AvgIpc) is 2.86. The third-order valence-electron chi connectivity index (χ3n) is 3.02. The van der Waals surface area contributed by atoms with Crippen LogP contribution in [0.25, 0.3) is 6.08 Å². The van der Waals surface area contributed by atoms with E-state index in [0.717, 1.165) is 35.1 Å². The van der Waals surface area contributed by atoms with Crippen molar-refractivity contribution in [3.8, 4) is 0 Å². The lowest BCUT2D eigenvalue weighted by atomic mass is 9.96. The summed E-state index contributed by atoms with van der Waals surface area (Å²) >= 11 is 5.24. The van der Waals surface area contributed by atoms with Crippen molar-refractivity contribution in [2.24, 2.45) is 4.99 Å². The second-order valence-electron chi connectivity index (χ2n) is 4.41. The van der Waals surface area contributed by atoms with Crippen LogP contribution in [0.1, 0.15) is 23.3 Å². The number of thiophene rings is 1. The van der Waals surface area contributed by atoms with Gasteiger partial charge in [0.15, 0.2) is 0 Å². The van der Waals surface area contributed by atoms with Gasteiger partial charge in [0.1, 0.15) is 0 Å². The van der Waals surface area contributed by atoms with E-state index in [0.29, 0.717) is 0 Å². The van der Waals surface area contributed by atoms with E-state index in [-0.39, 0.29) is 0 Å². The van der Waals surface area contributed by atoms with E-state index in [1.165, 1.54) is 10.5 Å². The molecule has 0 atom stereocenters. The molecule has 1 aliphatic rings. The van der Waals surface area contributed by atoms with Gasteiger partial charge < -0.3 is 0 Å². The zero-order chi connectivity index (χ0) is 13.1. The zero-order valence-electron chi connectivity index (χ0n) is 10.3. The number of rotatable bonds is 2. The van der Waals surface area contributed by atoms with E-state index in [1.54, 1.807) is 17.5 Å². The fourth-order valence-electron chi connectivity index (χ4n) is 2.18. The molecule has 0 aliphatic carbocycles. The molecule has 2 aromatic heterocycles. The third-order valence-corrected chi connectivity index (χ3v) is 4.66. The predicted octanol–water partition coefficient (Wildman–Crippen LogP) is 4.57. The van der Waals surface area contributed by atoms with E-state index < -0.39 is 0 Å². The molecule has 0 N–H and O–H groups in total. The second kappa shape index (κ2) is 5.80. The van der Waals surface area contributed by atoms with Crippen molar-refractivity contribution in [1.82, 2.24) is 4.98 Å². The van der Waals surface area contributed by atoms with E-state index in [4.69, 9.17) is 0 Å². The maximum atomic E-state index is 4.69. The number of nitrogens with zero attached hydrogens (tertiary/aromatic N) is 2. The first-order valence-electron chi connectivity index (χ1n) is 6.23. The highest BCUT2D eigenvalue weighted by Gasteiger charge is 2.14. The van der Waals surface area contributed by atoms with Crippen LogP contribution in [-0.2, 0) is 0 Å². The first-order chi connectivity index (χ1) is 9.33. The van der Waals surface area contributed by atoms with Gasteiger partial charge in [-0.2, -0.15) is 0 Å². The Bertz CT molecular complexity index is 629. The van der Waals surface area contributed by atoms with Gasteiger partial charge in [-0.25, -0.2) is 0 Å². The molecule has 0 saturated heterocycles. The summed E-state index contributed by atoms with van der Waals surface area (Å²) in [4.78, 5) is 10.1. The summed E-state index contributed by atoms with van der Waals surface area (Å²) in [7, 11) is 0. The van der Waals surface area contributed by atoms with Crippen LogP contribution in [0.2, 0.25) is 0 Å². The SMILES string of the molecule is Brc1csc(C=C2CCCN=C2c2cccnc2)c1. The number of hydrogen-bond donors (Lipinski definition) is 0. The molecule has 0 aromatic carbocycles. The Kier molecular flexibility index (Phi) is 3.89. The van der Waals surface area contributed by atoms with Crippen LogP contribution >= 0.6 is 27.3 Å². The standard InChI is InChI=1S/C15H13BrN2S/c16-13-8-14(19-10-13)7-11-3-2-6-18-15(11)12-4-1-5-17-9-12/h1,4-5,7-10H,2-3,6H2. The Morgan fingerprint density at radius 1 is 1.37 bits per heavy atom. The summed E-state index contributed by atoms with van der Waals surface area (Å²) in [6, 6.07) is 6.19. The van der Waals surface area contributed by atoms with Crippen molar-refractivity contribution in [3.63, 3.8) is 0 Å². The maximum Gasteiger partial charge on any atom is 0.0694 e. The molecule has 2 nitrogen and oxygen atoms in total. The van der Waals surface area contributed by atoms with Gasteiger partial charge in [-0.1, -0.05) is 0 Å². The van der Waals surface area contributed by atoms with Gasteiger partial charge in [0.25, 0.3) is 0 Å². The number of aromatic nitrogens is 1. The topological polar surface area (TPSA) is 25.2 Å². The predicted molar refractivity (Wildman–Crippen MR) is 84.9 cm³/mol. The molecule has 19 heavy (non-hydrogen) atoms. The van der Waals surface area contributed by atoms with Crippen LogP contribution in [0.3, 0.4) is 0 Å². The molecular weight excluding hydrogens is 320 g/mol. The largest absolute Gasteiger partial charge is 0.284 e. The summed E-state index contributed by atoms with van der Waals surface area (Å²) in [6.45, 7) is 0.912. The van der Waals surface area contributed by atoms with Gasteiger partial charge in [0, 0.05) is 39.2 Å². The monoisotopic (exact) mass is 332 g/mol. The fourth-order valence-corrected chi connectivity index (χ4v) is 3.58. The number of hydrogen-bond acceptors (Lipinski definition) is 3. The molecule has 0 amide bonds. The lowest BCUT2D eigenvalue weighted by Crippen LogP contribution is -2.11. The van der Waals surface area contributed by atoms with Gasteiger partial charge in [0.2, 0.25) is 0 Å². The minimum atomic E-state index is 0.912. The smallest absolute Gasteiger partial charge is 0.0694 e. The number of allylic oxidation sites excluding steroid dienone is 1. The molecule has 0 bridgehead atoms. The van der Waals surface area contributed by atoms with E-state index in [2.05, 4.69) is 49.5 Å². The molecule has 0 saturated carbocycles. The van der Waals surface area contributed by atoms with Crippen LogP contribution in [0.5, 0.6) is 0 Å². The minimum Gasteiger partial charge on any atom is -0.284 e. The number of pyridine rings is 1. The van der Waals surface area contributed by atoms with Gasteiger partial charge in [0.05, 0.1) is 5.71 Å². The van der Waals surface area contributed by atoms with Crippen molar-refractivity contribution >= 4 is 39.1 Å². The normalized spacial score (nSPS) is 17.5. The quantitative estimate of drug-likeness (QED) is 0.790. The van der Waals surface area contributed by atoms with Crippen LogP contribution < -0.4 is 0 Å². The van der Waals surface area contributed by atoms with Gasteiger partial charge >= 0.3 is 0 Å². The van der Waals surface area contributed by atoms with Crippen LogP contribution in [0, 0.1) is 0 Å². The Balaban J connectivity index is 1.98. The summed E-state index contributed by atoms with van der Waals surface area (Å²) in [5.74, 6) is 0.